The molecule has 1 aromatic heterocycles. The van der Waals surface area contributed by atoms with Crippen molar-refractivity contribution in [2.75, 3.05) is 4.90 Å². The molecule has 0 aliphatic heterocycles. The standard InChI is InChI=1S/C41H33NS/c1-2-9-28(10-3-1)42(29-17-18-37-32(22-29)30-11-5-7-16-36(30)43-37)35-15-8-14-34-39(35)31-12-4-6-13-33(31)41(34)27-20-25-19-26-21-38(41)40(26,23-25)24-27/h1-18,22,25-27,38H,19-21,23-24H2. The molecule has 6 aromatic rings. The van der Waals surface area contributed by atoms with E-state index < -0.39 is 0 Å². The fourth-order valence-corrected chi connectivity index (χ4v) is 12.6. The highest BCUT2D eigenvalue weighted by Crippen LogP contribution is 2.83. The monoisotopic (exact) mass is 571 g/mol. The molecule has 4 saturated carbocycles. The summed E-state index contributed by atoms with van der Waals surface area (Å²) in [5, 5.41) is 2.70. The van der Waals surface area contributed by atoms with E-state index in [-0.39, 0.29) is 5.41 Å². The second-order valence-electron chi connectivity index (χ2n) is 14.2. The molecule has 3 bridgehead atoms. The molecule has 0 amide bonds. The molecule has 11 rings (SSSR count). The lowest BCUT2D eigenvalue weighted by Gasteiger charge is -2.54. The molecule has 0 radical (unpaired) electrons. The van der Waals surface area contributed by atoms with Gasteiger partial charge in [-0.2, -0.15) is 0 Å². The average molecular weight is 572 g/mol. The SMILES string of the molecule is c1ccc(N(c2ccc3sc4ccccc4c3c2)c2cccc3c2-c2ccccc2C32C3CC4CC5CC2C5(C4)C3)cc1. The first-order valence-corrected chi connectivity index (χ1v) is 17.1. The van der Waals surface area contributed by atoms with Crippen LogP contribution in [0.2, 0.25) is 0 Å². The predicted octanol–water partition coefficient (Wildman–Crippen LogP) is 11.2. The van der Waals surface area contributed by atoms with Gasteiger partial charge in [0, 0.05) is 42.5 Å². The van der Waals surface area contributed by atoms with Gasteiger partial charge in [0.15, 0.2) is 0 Å². The van der Waals surface area contributed by atoms with E-state index in [4.69, 9.17) is 0 Å². The highest BCUT2D eigenvalue weighted by molar-refractivity contribution is 7.25. The van der Waals surface area contributed by atoms with Crippen molar-refractivity contribution in [2.45, 2.75) is 37.5 Å². The topological polar surface area (TPSA) is 3.24 Å². The highest BCUT2D eigenvalue weighted by atomic mass is 32.1. The minimum Gasteiger partial charge on any atom is -0.310 e. The van der Waals surface area contributed by atoms with Crippen LogP contribution >= 0.6 is 11.3 Å². The van der Waals surface area contributed by atoms with E-state index in [0.717, 1.165) is 23.7 Å². The molecule has 1 nitrogen and oxygen atoms in total. The second-order valence-corrected chi connectivity index (χ2v) is 15.3. The molecular weight excluding hydrogens is 539 g/mol. The molecule has 0 N–H and O–H groups in total. The number of benzene rings is 5. The van der Waals surface area contributed by atoms with Crippen molar-refractivity contribution < 1.29 is 0 Å². The van der Waals surface area contributed by atoms with Gasteiger partial charge in [-0.3, -0.25) is 0 Å². The van der Waals surface area contributed by atoms with Gasteiger partial charge in [0.1, 0.15) is 0 Å². The number of nitrogens with zero attached hydrogens (tertiary/aromatic N) is 1. The number of rotatable bonds is 3. The Bertz CT molecular complexity index is 2120. The molecule has 2 heteroatoms. The normalized spacial score (nSPS) is 30.5. The van der Waals surface area contributed by atoms with Crippen molar-refractivity contribution in [2.24, 2.45) is 29.1 Å². The van der Waals surface area contributed by atoms with Crippen LogP contribution in [0.4, 0.5) is 17.1 Å². The summed E-state index contributed by atoms with van der Waals surface area (Å²) in [6, 6.07) is 43.9. The van der Waals surface area contributed by atoms with E-state index in [1.54, 1.807) is 11.1 Å². The zero-order valence-corrected chi connectivity index (χ0v) is 25.0. The summed E-state index contributed by atoms with van der Waals surface area (Å²) in [5.41, 5.74) is 10.8. The lowest BCUT2D eigenvalue weighted by Crippen LogP contribution is -2.50. The van der Waals surface area contributed by atoms with Crippen LogP contribution in [-0.2, 0) is 5.41 Å². The molecule has 43 heavy (non-hydrogen) atoms. The van der Waals surface area contributed by atoms with Crippen LogP contribution in [0, 0.1) is 29.1 Å². The molecule has 0 saturated heterocycles. The second kappa shape index (κ2) is 7.98. The van der Waals surface area contributed by atoms with Crippen LogP contribution in [0.3, 0.4) is 0 Å². The summed E-state index contributed by atoms with van der Waals surface area (Å²) in [7, 11) is 0. The molecule has 6 atom stereocenters. The van der Waals surface area contributed by atoms with Gasteiger partial charge in [0.25, 0.3) is 0 Å². The van der Waals surface area contributed by atoms with Crippen LogP contribution in [0.15, 0.2) is 115 Å². The van der Waals surface area contributed by atoms with Gasteiger partial charge in [-0.25, -0.2) is 0 Å². The van der Waals surface area contributed by atoms with Crippen LogP contribution in [0.5, 0.6) is 0 Å². The average Bonchev–Trinajstić information content (AvgIpc) is 3.67. The number of para-hydroxylation sites is 1. The fraction of sp³-hybridized carbons (Fsp3) is 0.268. The predicted molar refractivity (Wildman–Crippen MR) is 180 cm³/mol. The zero-order valence-electron chi connectivity index (χ0n) is 24.2. The van der Waals surface area contributed by atoms with Crippen molar-refractivity contribution in [3.05, 3.63) is 126 Å². The van der Waals surface area contributed by atoms with Gasteiger partial charge in [0.05, 0.1) is 5.69 Å². The summed E-state index contributed by atoms with van der Waals surface area (Å²) >= 11 is 1.90. The van der Waals surface area contributed by atoms with Gasteiger partial charge < -0.3 is 4.90 Å². The van der Waals surface area contributed by atoms with E-state index in [1.807, 2.05) is 11.3 Å². The number of fused-ring (bicyclic) bond motifs is 12. The van der Waals surface area contributed by atoms with Crippen molar-refractivity contribution in [1.29, 1.82) is 0 Å². The minimum atomic E-state index is 0.184. The number of hydrogen-bond acceptors (Lipinski definition) is 2. The molecule has 1 heterocycles. The molecule has 4 fully saturated rings. The molecule has 5 aliphatic carbocycles. The smallest absolute Gasteiger partial charge is 0.0543 e. The molecule has 2 spiro atoms. The number of thiophene rings is 1. The Balaban J connectivity index is 1.18. The third-order valence-electron chi connectivity index (χ3n) is 12.8. The first-order valence-electron chi connectivity index (χ1n) is 16.3. The van der Waals surface area contributed by atoms with E-state index >= 15 is 0 Å². The summed E-state index contributed by atoms with van der Waals surface area (Å²) in [5.74, 6) is 3.53. The Morgan fingerprint density at radius 1 is 0.605 bits per heavy atom. The van der Waals surface area contributed by atoms with Crippen molar-refractivity contribution in [1.82, 2.24) is 0 Å². The van der Waals surface area contributed by atoms with Crippen LogP contribution < -0.4 is 4.90 Å². The largest absolute Gasteiger partial charge is 0.310 e. The number of hydrogen-bond donors (Lipinski definition) is 0. The Morgan fingerprint density at radius 3 is 2.35 bits per heavy atom. The van der Waals surface area contributed by atoms with Gasteiger partial charge >= 0.3 is 0 Å². The van der Waals surface area contributed by atoms with Crippen molar-refractivity contribution in [3.63, 3.8) is 0 Å². The maximum absolute atomic E-state index is 2.55. The Labute approximate surface area is 256 Å². The minimum absolute atomic E-state index is 0.184. The quantitative estimate of drug-likeness (QED) is 0.204. The zero-order chi connectivity index (χ0) is 27.9. The van der Waals surface area contributed by atoms with Gasteiger partial charge in [-0.05, 0) is 120 Å². The summed E-state index contributed by atoms with van der Waals surface area (Å²) < 4.78 is 2.71. The van der Waals surface area contributed by atoms with E-state index in [1.165, 1.54) is 80.5 Å². The lowest BCUT2D eigenvalue weighted by atomic mass is 9.49. The lowest BCUT2D eigenvalue weighted by molar-refractivity contribution is -0.0193. The molecular formula is C41H33NS. The van der Waals surface area contributed by atoms with E-state index in [2.05, 4.69) is 120 Å². The Hall–Kier alpha value is -3.88. The number of anilines is 3. The Morgan fingerprint density at radius 2 is 1.40 bits per heavy atom. The maximum atomic E-state index is 2.55. The third kappa shape index (κ3) is 2.72. The molecule has 6 unspecified atom stereocenters. The first kappa shape index (κ1) is 23.6. The first-order chi connectivity index (χ1) is 21.3. The fourth-order valence-electron chi connectivity index (χ4n) is 11.6. The summed E-state index contributed by atoms with van der Waals surface area (Å²) in [4.78, 5) is 2.55. The third-order valence-corrected chi connectivity index (χ3v) is 13.9. The summed E-state index contributed by atoms with van der Waals surface area (Å²) in [6.45, 7) is 0. The van der Waals surface area contributed by atoms with Gasteiger partial charge in [-0.1, -0.05) is 72.8 Å². The molecule has 5 aliphatic rings. The molecule has 208 valence electrons. The maximum Gasteiger partial charge on any atom is 0.0543 e. The van der Waals surface area contributed by atoms with Crippen molar-refractivity contribution in [3.8, 4) is 11.1 Å². The van der Waals surface area contributed by atoms with Crippen LogP contribution in [-0.4, -0.2) is 0 Å². The molecule has 5 aromatic carbocycles. The Kier molecular flexibility index (Phi) is 4.37. The highest BCUT2D eigenvalue weighted by Gasteiger charge is 2.76. The van der Waals surface area contributed by atoms with E-state index in [0.29, 0.717) is 5.41 Å². The summed E-state index contributed by atoms with van der Waals surface area (Å²) in [6.07, 6.45) is 7.34. The van der Waals surface area contributed by atoms with Gasteiger partial charge in [0.2, 0.25) is 0 Å². The van der Waals surface area contributed by atoms with Crippen LogP contribution in [0.25, 0.3) is 31.3 Å². The van der Waals surface area contributed by atoms with Crippen molar-refractivity contribution >= 4 is 48.6 Å². The van der Waals surface area contributed by atoms with E-state index in [9.17, 15) is 0 Å². The van der Waals surface area contributed by atoms with Crippen LogP contribution in [0.1, 0.15) is 43.2 Å². The van der Waals surface area contributed by atoms with Gasteiger partial charge in [-0.15, -0.1) is 11.3 Å².